The molecule has 2 aromatic carbocycles. The first-order chi connectivity index (χ1) is 15.3. The number of aromatic nitrogens is 1. The van der Waals surface area contributed by atoms with Crippen LogP contribution in [0.5, 0.6) is 11.5 Å². The van der Waals surface area contributed by atoms with Crippen molar-refractivity contribution in [2.45, 2.75) is 34.2 Å². The Balaban J connectivity index is 1.49. The molecule has 8 heteroatoms. The summed E-state index contributed by atoms with van der Waals surface area (Å²) in [7, 11) is 0. The maximum atomic E-state index is 12.6. The van der Waals surface area contributed by atoms with Gasteiger partial charge in [0.05, 0.1) is 17.9 Å². The molecule has 3 aromatic rings. The molecule has 0 fully saturated rings. The molecule has 0 atom stereocenters. The second kappa shape index (κ2) is 8.74. The second-order valence-electron chi connectivity index (χ2n) is 7.86. The highest BCUT2D eigenvalue weighted by molar-refractivity contribution is 5.99. The Morgan fingerprint density at radius 2 is 1.97 bits per heavy atom. The molecule has 0 bridgehead atoms. The molecule has 8 nitrogen and oxygen atoms in total. The van der Waals surface area contributed by atoms with Crippen molar-refractivity contribution < 1.29 is 23.6 Å². The van der Waals surface area contributed by atoms with Crippen molar-refractivity contribution in [3.05, 3.63) is 64.5 Å². The maximum Gasteiger partial charge on any atom is 0.265 e. The molecule has 32 heavy (non-hydrogen) atoms. The molecule has 0 radical (unpaired) electrons. The number of carbonyl (C=O) groups is 2. The summed E-state index contributed by atoms with van der Waals surface area (Å²) in [5.74, 6) is 1.43. The molecule has 1 aliphatic rings. The Morgan fingerprint density at radius 3 is 2.72 bits per heavy atom. The summed E-state index contributed by atoms with van der Waals surface area (Å²) in [5.41, 5.74) is 4.72. The SMILES string of the molecule is Cc1ccc(C)c(OCC(=O)Nc2ccc3c(c2)N(Cc2c(C)noc2C)C(=O)CO3)c1. The molecule has 0 saturated carbocycles. The Kier molecular flexibility index (Phi) is 5.85. The lowest BCUT2D eigenvalue weighted by Gasteiger charge is -2.29. The smallest absolute Gasteiger partial charge is 0.265 e. The standard InChI is InChI=1S/C24H25N3O5/c1-14-5-6-15(2)22(9-14)30-12-23(28)25-18-7-8-21-20(10-18)27(24(29)13-31-21)11-19-16(3)26-32-17(19)4/h5-10H,11-13H2,1-4H3,(H,25,28). The second-order valence-corrected chi connectivity index (χ2v) is 7.86. The fraction of sp³-hybridized carbons (Fsp3) is 0.292. The van der Waals surface area contributed by atoms with Crippen LogP contribution in [0.25, 0.3) is 0 Å². The van der Waals surface area contributed by atoms with Crippen LogP contribution in [0.3, 0.4) is 0 Å². The highest BCUT2D eigenvalue weighted by atomic mass is 16.5. The lowest BCUT2D eigenvalue weighted by Crippen LogP contribution is -2.38. The number of ether oxygens (including phenoxy) is 2. The van der Waals surface area contributed by atoms with Gasteiger partial charge in [0.2, 0.25) is 0 Å². The van der Waals surface area contributed by atoms with Gasteiger partial charge in [0, 0.05) is 11.3 Å². The number of anilines is 2. The normalized spacial score (nSPS) is 12.9. The highest BCUT2D eigenvalue weighted by Crippen LogP contribution is 2.36. The number of benzene rings is 2. The van der Waals surface area contributed by atoms with E-state index in [-0.39, 0.29) is 25.0 Å². The number of hydrogen-bond acceptors (Lipinski definition) is 6. The molecule has 1 aromatic heterocycles. The molecular weight excluding hydrogens is 410 g/mol. The predicted molar refractivity (Wildman–Crippen MR) is 119 cm³/mol. The van der Waals surface area contributed by atoms with Crippen LogP contribution in [0.2, 0.25) is 0 Å². The van der Waals surface area contributed by atoms with Gasteiger partial charge >= 0.3 is 0 Å². The molecule has 0 spiro atoms. The third-order valence-corrected chi connectivity index (χ3v) is 5.39. The zero-order valence-electron chi connectivity index (χ0n) is 18.5. The van der Waals surface area contributed by atoms with E-state index >= 15 is 0 Å². The van der Waals surface area contributed by atoms with Crippen molar-refractivity contribution in [3.63, 3.8) is 0 Å². The number of hydrogen-bond donors (Lipinski definition) is 1. The molecular formula is C24H25N3O5. The van der Waals surface area contributed by atoms with E-state index in [1.54, 1.807) is 23.1 Å². The zero-order chi connectivity index (χ0) is 22.8. The average molecular weight is 435 g/mol. The van der Waals surface area contributed by atoms with Crippen LogP contribution in [0.15, 0.2) is 40.9 Å². The fourth-order valence-electron chi connectivity index (χ4n) is 3.54. The molecule has 2 amide bonds. The number of rotatable bonds is 6. The Labute approximate surface area is 186 Å². The first-order valence-electron chi connectivity index (χ1n) is 10.3. The average Bonchev–Trinajstić information content (AvgIpc) is 3.08. The van der Waals surface area contributed by atoms with Crippen molar-refractivity contribution in [2.75, 3.05) is 23.4 Å². The molecule has 0 aliphatic carbocycles. The lowest BCUT2D eigenvalue weighted by molar-refractivity contribution is -0.121. The van der Waals surface area contributed by atoms with Crippen molar-refractivity contribution in [1.29, 1.82) is 0 Å². The van der Waals surface area contributed by atoms with Crippen LogP contribution in [0, 0.1) is 27.7 Å². The minimum atomic E-state index is -0.300. The lowest BCUT2D eigenvalue weighted by atomic mass is 10.1. The van der Waals surface area contributed by atoms with E-state index in [2.05, 4.69) is 10.5 Å². The number of nitrogens with one attached hydrogen (secondary N) is 1. The van der Waals surface area contributed by atoms with Crippen molar-refractivity contribution in [2.24, 2.45) is 0 Å². The van der Waals surface area contributed by atoms with Gasteiger partial charge < -0.3 is 24.2 Å². The van der Waals surface area contributed by atoms with Gasteiger partial charge in [-0.15, -0.1) is 0 Å². The third-order valence-electron chi connectivity index (χ3n) is 5.39. The van der Waals surface area contributed by atoms with Crippen molar-refractivity contribution in [3.8, 4) is 11.5 Å². The van der Waals surface area contributed by atoms with E-state index in [9.17, 15) is 9.59 Å². The van der Waals surface area contributed by atoms with Gasteiger partial charge in [-0.05, 0) is 63.1 Å². The summed E-state index contributed by atoms with van der Waals surface area (Å²) in [6, 6.07) is 11.0. The molecule has 1 N–H and O–H groups in total. The van der Waals surface area contributed by atoms with E-state index in [1.165, 1.54) is 0 Å². The minimum Gasteiger partial charge on any atom is -0.483 e. The van der Waals surface area contributed by atoms with Crippen molar-refractivity contribution >= 4 is 23.2 Å². The minimum absolute atomic E-state index is 0.0498. The summed E-state index contributed by atoms with van der Waals surface area (Å²) < 4.78 is 16.5. The molecule has 2 heterocycles. The van der Waals surface area contributed by atoms with Gasteiger partial charge in [-0.3, -0.25) is 9.59 Å². The Hall–Kier alpha value is -3.81. The number of carbonyl (C=O) groups excluding carboxylic acids is 2. The predicted octanol–water partition coefficient (Wildman–Crippen LogP) is 3.85. The van der Waals surface area contributed by atoms with Crippen LogP contribution in [0.4, 0.5) is 11.4 Å². The Morgan fingerprint density at radius 1 is 1.16 bits per heavy atom. The van der Waals surface area contributed by atoms with Gasteiger partial charge in [0.1, 0.15) is 17.3 Å². The van der Waals surface area contributed by atoms with E-state index in [0.717, 1.165) is 22.4 Å². The highest BCUT2D eigenvalue weighted by Gasteiger charge is 2.28. The van der Waals surface area contributed by atoms with Crippen molar-refractivity contribution in [1.82, 2.24) is 5.16 Å². The largest absolute Gasteiger partial charge is 0.483 e. The van der Waals surface area contributed by atoms with Gasteiger partial charge in [-0.25, -0.2) is 0 Å². The molecule has 166 valence electrons. The molecule has 4 rings (SSSR count). The van der Waals surface area contributed by atoms with Gasteiger partial charge in [-0.2, -0.15) is 0 Å². The summed E-state index contributed by atoms with van der Waals surface area (Å²) in [5, 5.41) is 6.79. The zero-order valence-corrected chi connectivity index (χ0v) is 18.5. The quantitative estimate of drug-likeness (QED) is 0.632. The topological polar surface area (TPSA) is 93.9 Å². The molecule has 0 unspecified atom stereocenters. The van der Waals surface area contributed by atoms with Crippen LogP contribution >= 0.6 is 0 Å². The van der Waals surface area contributed by atoms with Gasteiger partial charge in [0.15, 0.2) is 13.2 Å². The number of amides is 2. The maximum absolute atomic E-state index is 12.6. The first kappa shape index (κ1) is 21.4. The van der Waals surface area contributed by atoms with Crippen LogP contribution < -0.4 is 19.7 Å². The summed E-state index contributed by atoms with van der Waals surface area (Å²) in [4.78, 5) is 26.7. The monoisotopic (exact) mass is 435 g/mol. The molecule has 1 aliphatic heterocycles. The first-order valence-corrected chi connectivity index (χ1v) is 10.3. The summed E-state index contributed by atoms with van der Waals surface area (Å²) >= 11 is 0. The summed E-state index contributed by atoms with van der Waals surface area (Å²) in [6.07, 6.45) is 0. The van der Waals surface area contributed by atoms with E-state index in [4.69, 9.17) is 14.0 Å². The van der Waals surface area contributed by atoms with E-state index < -0.39 is 0 Å². The van der Waals surface area contributed by atoms with E-state index in [1.807, 2.05) is 45.9 Å². The number of aryl methyl sites for hydroxylation is 4. The Bertz CT molecular complexity index is 1160. The fourth-order valence-corrected chi connectivity index (χ4v) is 3.54. The van der Waals surface area contributed by atoms with Crippen LogP contribution in [0.1, 0.15) is 28.1 Å². The number of fused-ring (bicyclic) bond motifs is 1. The number of nitrogens with zero attached hydrogens (tertiary/aromatic N) is 2. The van der Waals surface area contributed by atoms with E-state index in [0.29, 0.717) is 35.2 Å². The van der Waals surface area contributed by atoms with Gasteiger partial charge in [-0.1, -0.05) is 17.3 Å². The third kappa shape index (κ3) is 4.44. The van der Waals surface area contributed by atoms with Crippen LogP contribution in [-0.4, -0.2) is 30.2 Å². The van der Waals surface area contributed by atoms with Gasteiger partial charge in [0.25, 0.3) is 11.8 Å². The summed E-state index contributed by atoms with van der Waals surface area (Å²) in [6.45, 7) is 7.69. The van der Waals surface area contributed by atoms with Crippen LogP contribution in [-0.2, 0) is 16.1 Å². The molecule has 0 saturated heterocycles.